The largest absolute Gasteiger partial charge is 0.0642 e. The van der Waals surface area contributed by atoms with E-state index in [0.29, 0.717) is 10.8 Å². The molecule has 0 aromatic heterocycles. The highest BCUT2D eigenvalue weighted by Gasteiger charge is 2.56. The Hall–Kier alpha value is -0.260. The minimum Gasteiger partial charge on any atom is -0.0642 e. The summed E-state index contributed by atoms with van der Waals surface area (Å²) in [7, 11) is 0. The molecule has 28 heavy (non-hydrogen) atoms. The predicted molar refractivity (Wildman–Crippen MR) is 122 cm³/mol. The third-order valence-corrected chi connectivity index (χ3v) is 10.4. The molecule has 0 bridgehead atoms. The highest BCUT2D eigenvalue weighted by Crippen LogP contribution is 2.67. The van der Waals surface area contributed by atoms with Crippen LogP contribution in [-0.4, -0.2) is 0 Å². The summed E-state index contributed by atoms with van der Waals surface area (Å²) < 4.78 is 0. The van der Waals surface area contributed by atoms with Gasteiger partial charge in [0.05, 0.1) is 0 Å². The predicted octanol–water partition coefficient (Wildman–Crippen LogP) is 8.81. The summed E-state index contributed by atoms with van der Waals surface area (Å²) in [6, 6.07) is 0. The Kier molecular flexibility index (Phi) is 5.83. The summed E-state index contributed by atoms with van der Waals surface area (Å²) in [5.74, 6) is 5.55. The van der Waals surface area contributed by atoms with Crippen LogP contribution in [0.1, 0.15) is 119 Å². The van der Waals surface area contributed by atoms with Crippen LogP contribution in [0.15, 0.2) is 11.1 Å². The molecule has 0 spiro atoms. The normalized spacial score (nSPS) is 44.2. The Bertz CT molecular complexity index is 597. The summed E-state index contributed by atoms with van der Waals surface area (Å²) >= 11 is 0. The van der Waals surface area contributed by atoms with Crippen molar-refractivity contribution in [2.24, 2.45) is 46.3 Å². The Labute approximate surface area is 176 Å². The molecule has 0 aromatic carbocycles. The molecule has 4 rings (SSSR count). The van der Waals surface area contributed by atoms with Gasteiger partial charge in [-0.1, -0.05) is 84.8 Å². The van der Waals surface area contributed by atoms with E-state index in [1.54, 1.807) is 0 Å². The topological polar surface area (TPSA) is 0 Å². The van der Waals surface area contributed by atoms with Crippen molar-refractivity contribution in [2.45, 2.75) is 119 Å². The molecular weight excluding hydrogens is 336 g/mol. The van der Waals surface area contributed by atoms with Gasteiger partial charge in [-0.3, -0.25) is 0 Å². The van der Waals surface area contributed by atoms with Crippen LogP contribution in [-0.2, 0) is 0 Å². The van der Waals surface area contributed by atoms with Gasteiger partial charge in [0.15, 0.2) is 0 Å². The van der Waals surface area contributed by atoms with Crippen LogP contribution in [0.3, 0.4) is 0 Å². The number of hydrogen-bond donors (Lipinski definition) is 0. The third kappa shape index (κ3) is 3.33. The van der Waals surface area contributed by atoms with Gasteiger partial charge >= 0.3 is 0 Å². The van der Waals surface area contributed by atoms with Crippen LogP contribution in [0.25, 0.3) is 0 Å². The molecule has 0 unspecified atom stereocenters. The lowest BCUT2D eigenvalue weighted by Crippen LogP contribution is -2.46. The molecule has 0 aromatic rings. The third-order valence-electron chi connectivity index (χ3n) is 10.4. The number of allylic oxidation sites excluding steroid dienone is 2. The first-order valence-corrected chi connectivity index (χ1v) is 13.0. The molecule has 0 nitrogen and oxygen atoms in total. The van der Waals surface area contributed by atoms with E-state index in [-0.39, 0.29) is 0 Å². The second kappa shape index (κ2) is 7.77. The van der Waals surface area contributed by atoms with Crippen molar-refractivity contribution in [1.29, 1.82) is 0 Å². The van der Waals surface area contributed by atoms with Crippen molar-refractivity contribution in [1.82, 2.24) is 0 Å². The molecule has 0 N–H and O–H groups in total. The highest BCUT2D eigenvalue weighted by molar-refractivity contribution is 5.35. The van der Waals surface area contributed by atoms with E-state index < -0.39 is 0 Å². The van der Waals surface area contributed by atoms with E-state index in [1.807, 2.05) is 11.1 Å². The maximum Gasteiger partial charge on any atom is -0.00850 e. The lowest BCUT2D eigenvalue weighted by Gasteiger charge is -2.56. The van der Waals surface area contributed by atoms with Crippen molar-refractivity contribution in [2.75, 3.05) is 0 Å². The fraction of sp³-hybridized carbons (Fsp3) is 0.929. The standard InChI is InChI=1S/C28H48/c1-19(2)10-9-11-20(3)23-13-14-24-26-21(4)18-22-12-7-8-16-27(22,5)25(26)15-17-28(23,24)6/h19-24H,7-18H2,1-6H3/t20-,21-,22-,23-,24+,27+,28-/m1/s1. The molecular formula is C28H48. The van der Waals surface area contributed by atoms with Gasteiger partial charge in [-0.25, -0.2) is 0 Å². The smallest absolute Gasteiger partial charge is 0.00850 e. The Morgan fingerprint density at radius 2 is 1.75 bits per heavy atom. The van der Waals surface area contributed by atoms with Crippen molar-refractivity contribution in [3.63, 3.8) is 0 Å². The molecule has 0 aliphatic heterocycles. The fourth-order valence-corrected chi connectivity index (χ4v) is 8.86. The Morgan fingerprint density at radius 1 is 0.964 bits per heavy atom. The van der Waals surface area contributed by atoms with Gasteiger partial charge in [0.2, 0.25) is 0 Å². The van der Waals surface area contributed by atoms with Crippen molar-refractivity contribution < 1.29 is 0 Å². The first kappa shape index (κ1) is 21.0. The Balaban J connectivity index is 1.57. The number of fused-ring (bicyclic) bond motifs is 4. The summed E-state index contributed by atoms with van der Waals surface area (Å²) in [4.78, 5) is 0. The summed E-state index contributed by atoms with van der Waals surface area (Å²) in [5.41, 5.74) is 5.17. The zero-order valence-electron chi connectivity index (χ0n) is 19.9. The van der Waals surface area contributed by atoms with Crippen molar-refractivity contribution >= 4 is 0 Å². The second-order valence-electron chi connectivity index (χ2n) is 12.5. The van der Waals surface area contributed by atoms with E-state index in [4.69, 9.17) is 0 Å². The molecule has 2 fully saturated rings. The van der Waals surface area contributed by atoms with Gasteiger partial charge in [0, 0.05) is 0 Å². The van der Waals surface area contributed by atoms with E-state index in [9.17, 15) is 0 Å². The first-order valence-electron chi connectivity index (χ1n) is 13.0. The van der Waals surface area contributed by atoms with E-state index in [0.717, 1.165) is 35.5 Å². The first-order chi connectivity index (χ1) is 13.3. The van der Waals surface area contributed by atoms with Gasteiger partial charge in [-0.2, -0.15) is 0 Å². The molecule has 0 heteroatoms. The van der Waals surface area contributed by atoms with E-state index in [2.05, 4.69) is 41.5 Å². The average Bonchev–Trinajstić information content (AvgIpc) is 2.99. The monoisotopic (exact) mass is 384 g/mol. The number of rotatable bonds is 5. The van der Waals surface area contributed by atoms with Gasteiger partial charge in [-0.15, -0.1) is 0 Å². The highest BCUT2D eigenvalue weighted by atomic mass is 14.6. The van der Waals surface area contributed by atoms with Crippen LogP contribution in [0, 0.1) is 46.3 Å². The van der Waals surface area contributed by atoms with Gasteiger partial charge in [-0.05, 0) is 91.3 Å². The van der Waals surface area contributed by atoms with Gasteiger partial charge in [0.25, 0.3) is 0 Å². The molecule has 0 radical (unpaired) electrons. The minimum atomic E-state index is 0.572. The Morgan fingerprint density at radius 3 is 2.50 bits per heavy atom. The van der Waals surface area contributed by atoms with Crippen molar-refractivity contribution in [3.05, 3.63) is 11.1 Å². The fourth-order valence-electron chi connectivity index (χ4n) is 8.86. The van der Waals surface area contributed by atoms with Crippen molar-refractivity contribution in [3.8, 4) is 0 Å². The second-order valence-corrected chi connectivity index (χ2v) is 12.5. The zero-order chi connectivity index (χ0) is 20.1. The summed E-state index contributed by atoms with van der Waals surface area (Å²) in [5, 5.41) is 0. The molecule has 4 aliphatic carbocycles. The SMILES string of the molecule is CC(C)CCC[C@@H](C)[C@H]1CC[C@H]2C3=C(CC[C@]12C)[C@@]1(C)CCCC[C@@H]1C[C@H]3C. The molecule has 7 atom stereocenters. The maximum absolute atomic E-state index is 2.72. The molecule has 0 heterocycles. The average molecular weight is 385 g/mol. The molecule has 0 saturated heterocycles. The summed E-state index contributed by atoms with van der Waals surface area (Å²) in [6.07, 6.45) is 17.7. The quantitative estimate of drug-likeness (QED) is 0.415. The summed E-state index contributed by atoms with van der Waals surface area (Å²) in [6.45, 7) is 15.4. The maximum atomic E-state index is 2.72. The van der Waals surface area contributed by atoms with Crippen LogP contribution in [0.5, 0.6) is 0 Å². The zero-order valence-corrected chi connectivity index (χ0v) is 19.9. The molecule has 2 saturated carbocycles. The van der Waals surface area contributed by atoms with E-state index in [1.165, 1.54) is 77.0 Å². The lowest BCUT2D eigenvalue weighted by molar-refractivity contribution is 0.0537. The van der Waals surface area contributed by atoms with Crippen LogP contribution in [0.2, 0.25) is 0 Å². The molecule has 160 valence electrons. The van der Waals surface area contributed by atoms with E-state index >= 15 is 0 Å². The minimum absolute atomic E-state index is 0.572. The van der Waals surface area contributed by atoms with Gasteiger partial charge in [0.1, 0.15) is 0 Å². The molecule has 0 amide bonds. The molecule has 4 aliphatic rings. The van der Waals surface area contributed by atoms with Crippen LogP contribution in [0.4, 0.5) is 0 Å². The van der Waals surface area contributed by atoms with Crippen LogP contribution < -0.4 is 0 Å². The van der Waals surface area contributed by atoms with Gasteiger partial charge < -0.3 is 0 Å². The lowest BCUT2D eigenvalue weighted by atomic mass is 9.49. The van der Waals surface area contributed by atoms with Crippen LogP contribution >= 0.6 is 0 Å². The number of hydrogen-bond acceptors (Lipinski definition) is 0.